The number of benzene rings is 1. The maximum absolute atomic E-state index is 12.4. The molecular formula is C16H21N3O2. The van der Waals surface area contributed by atoms with Crippen molar-refractivity contribution in [2.45, 2.75) is 31.7 Å². The second-order valence-electron chi connectivity index (χ2n) is 5.84. The van der Waals surface area contributed by atoms with Gasteiger partial charge in [0.05, 0.1) is 0 Å². The van der Waals surface area contributed by atoms with Gasteiger partial charge in [0.2, 0.25) is 0 Å². The average molecular weight is 287 g/mol. The molecule has 2 aromatic rings. The Hall–Kier alpha value is -2.01. The van der Waals surface area contributed by atoms with Crippen LogP contribution in [-0.2, 0) is 0 Å². The topological polar surface area (TPSA) is 91.1 Å². The zero-order valence-corrected chi connectivity index (χ0v) is 11.9. The van der Waals surface area contributed by atoms with E-state index in [0.717, 1.165) is 36.6 Å². The van der Waals surface area contributed by atoms with Gasteiger partial charge in [-0.25, -0.2) is 0 Å². The molecule has 1 amide bonds. The number of rotatable bonds is 3. The molecule has 2 unspecified atom stereocenters. The molecule has 0 bridgehead atoms. The number of aliphatic hydroxyl groups excluding tert-OH is 1. The molecular weight excluding hydrogens is 266 g/mol. The van der Waals surface area contributed by atoms with Crippen LogP contribution in [0.1, 0.15) is 36.2 Å². The lowest BCUT2D eigenvalue weighted by Gasteiger charge is -2.30. The molecule has 0 radical (unpaired) electrons. The highest BCUT2D eigenvalue weighted by molar-refractivity contribution is 5.98. The van der Waals surface area contributed by atoms with Crippen LogP contribution in [-0.4, -0.2) is 28.6 Å². The van der Waals surface area contributed by atoms with E-state index in [1.165, 1.54) is 0 Å². The number of aliphatic hydroxyl groups is 1. The monoisotopic (exact) mass is 287 g/mol. The molecule has 1 fully saturated rings. The van der Waals surface area contributed by atoms with Gasteiger partial charge in [0.15, 0.2) is 0 Å². The first-order valence-electron chi connectivity index (χ1n) is 7.47. The Morgan fingerprint density at radius 3 is 2.95 bits per heavy atom. The fraction of sp³-hybridized carbons (Fsp3) is 0.438. The molecule has 3 rings (SSSR count). The van der Waals surface area contributed by atoms with Crippen molar-refractivity contribution in [3.8, 4) is 0 Å². The van der Waals surface area contributed by atoms with Crippen molar-refractivity contribution in [3.05, 3.63) is 30.0 Å². The van der Waals surface area contributed by atoms with Crippen LogP contribution >= 0.6 is 0 Å². The summed E-state index contributed by atoms with van der Waals surface area (Å²) >= 11 is 0. The Bertz CT molecular complexity index is 650. The number of hydrogen-bond acceptors (Lipinski definition) is 3. The van der Waals surface area contributed by atoms with E-state index >= 15 is 0 Å². The van der Waals surface area contributed by atoms with E-state index in [2.05, 4.69) is 10.3 Å². The number of H-pyrrole nitrogens is 1. The van der Waals surface area contributed by atoms with Crippen LogP contribution in [0, 0.1) is 5.92 Å². The molecule has 112 valence electrons. The molecule has 2 atom stereocenters. The SMILES string of the molecule is Nc1ccc2[nH]c(C(=O)NC3CCCCC3CO)cc2c1. The van der Waals surface area contributed by atoms with Gasteiger partial charge in [0.1, 0.15) is 5.69 Å². The van der Waals surface area contributed by atoms with Gasteiger partial charge in [-0.05, 0) is 37.1 Å². The van der Waals surface area contributed by atoms with E-state index in [-0.39, 0.29) is 24.5 Å². The highest BCUT2D eigenvalue weighted by atomic mass is 16.3. The van der Waals surface area contributed by atoms with Crippen LogP contribution in [0.15, 0.2) is 24.3 Å². The zero-order chi connectivity index (χ0) is 14.8. The number of anilines is 1. The maximum Gasteiger partial charge on any atom is 0.267 e. The maximum atomic E-state index is 12.4. The van der Waals surface area contributed by atoms with Gasteiger partial charge in [-0.15, -0.1) is 0 Å². The van der Waals surface area contributed by atoms with Gasteiger partial charge in [-0.2, -0.15) is 0 Å². The molecule has 1 saturated carbocycles. The normalized spacial score (nSPS) is 22.3. The molecule has 1 aromatic carbocycles. The predicted octanol–water partition coefficient (Wildman–Crippen LogP) is 2.03. The predicted molar refractivity (Wildman–Crippen MR) is 83.0 cm³/mol. The van der Waals surface area contributed by atoms with Gasteiger partial charge in [-0.1, -0.05) is 12.8 Å². The number of nitrogens with two attached hydrogens (primary N) is 1. The van der Waals surface area contributed by atoms with Crippen LogP contribution in [0.4, 0.5) is 5.69 Å². The van der Waals surface area contributed by atoms with Gasteiger partial charge >= 0.3 is 0 Å². The average Bonchev–Trinajstić information content (AvgIpc) is 2.91. The third-order valence-corrected chi connectivity index (χ3v) is 4.35. The number of fused-ring (bicyclic) bond motifs is 1. The third-order valence-electron chi connectivity index (χ3n) is 4.35. The van der Waals surface area contributed by atoms with Gasteiger partial charge in [0, 0.05) is 35.2 Å². The molecule has 21 heavy (non-hydrogen) atoms. The van der Waals surface area contributed by atoms with Crippen LogP contribution < -0.4 is 11.1 Å². The molecule has 0 saturated heterocycles. The summed E-state index contributed by atoms with van der Waals surface area (Å²) in [6.45, 7) is 0.133. The summed E-state index contributed by atoms with van der Waals surface area (Å²) in [5.74, 6) is 0.0536. The summed E-state index contributed by atoms with van der Waals surface area (Å²) in [4.78, 5) is 15.5. The minimum absolute atomic E-state index is 0.0627. The lowest BCUT2D eigenvalue weighted by atomic mass is 9.85. The highest BCUT2D eigenvalue weighted by Crippen LogP contribution is 2.24. The fourth-order valence-corrected chi connectivity index (χ4v) is 3.14. The van der Waals surface area contributed by atoms with Crippen molar-refractivity contribution in [1.29, 1.82) is 0 Å². The second-order valence-corrected chi connectivity index (χ2v) is 5.84. The van der Waals surface area contributed by atoms with Gasteiger partial charge < -0.3 is 21.1 Å². The Labute approximate surface area is 123 Å². The van der Waals surface area contributed by atoms with Crippen molar-refractivity contribution in [2.24, 2.45) is 5.92 Å². The van der Waals surface area contributed by atoms with Gasteiger partial charge in [-0.3, -0.25) is 4.79 Å². The molecule has 0 spiro atoms. The van der Waals surface area contributed by atoms with E-state index < -0.39 is 0 Å². The Morgan fingerprint density at radius 2 is 2.14 bits per heavy atom. The van der Waals surface area contributed by atoms with E-state index in [0.29, 0.717) is 11.4 Å². The highest BCUT2D eigenvalue weighted by Gasteiger charge is 2.26. The molecule has 1 aromatic heterocycles. The first kappa shape index (κ1) is 13.9. The first-order chi connectivity index (χ1) is 10.2. The molecule has 5 N–H and O–H groups in total. The standard InChI is InChI=1S/C16H21N3O2/c17-12-5-6-14-11(7-12)8-15(18-14)16(21)19-13-4-2-1-3-10(13)9-20/h5-8,10,13,18,20H,1-4,9,17H2,(H,19,21). The third kappa shape index (κ3) is 2.88. The fourth-order valence-electron chi connectivity index (χ4n) is 3.14. The minimum Gasteiger partial charge on any atom is -0.399 e. The summed E-state index contributed by atoms with van der Waals surface area (Å²) in [7, 11) is 0. The van der Waals surface area contributed by atoms with Crippen molar-refractivity contribution in [2.75, 3.05) is 12.3 Å². The number of nitrogen functional groups attached to an aromatic ring is 1. The number of aromatic amines is 1. The largest absolute Gasteiger partial charge is 0.399 e. The Balaban J connectivity index is 1.77. The van der Waals surface area contributed by atoms with E-state index in [1.807, 2.05) is 24.3 Å². The zero-order valence-electron chi connectivity index (χ0n) is 11.9. The Kier molecular flexibility index (Phi) is 3.84. The number of nitrogens with one attached hydrogen (secondary N) is 2. The molecule has 5 heteroatoms. The summed E-state index contributed by atoms with van der Waals surface area (Å²) in [5, 5.41) is 13.4. The number of aromatic nitrogens is 1. The Morgan fingerprint density at radius 1 is 1.33 bits per heavy atom. The van der Waals surface area contributed by atoms with Gasteiger partial charge in [0.25, 0.3) is 5.91 Å². The molecule has 1 heterocycles. The minimum atomic E-state index is -0.116. The lowest BCUT2D eigenvalue weighted by Crippen LogP contribution is -2.43. The quantitative estimate of drug-likeness (QED) is 0.651. The number of carbonyl (C=O) groups excluding carboxylic acids is 1. The van der Waals surface area contributed by atoms with E-state index in [4.69, 9.17) is 5.73 Å². The number of carbonyl (C=O) groups is 1. The smallest absolute Gasteiger partial charge is 0.267 e. The van der Waals surface area contributed by atoms with Crippen molar-refractivity contribution < 1.29 is 9.90 Å². The number of amides is 1. The number of hydrogen-bond donors (Lipinski definition) is 4. The summed E-state index contributed by atoms with van der Waals surface area (Å²) in [6, 6.07) is 7.41. The van der Waals surface area contributed by atoms with Crippen LogP contribution in [0.2, 0.25) is 0 Å². The van der Waals surface area contributed by atoms with Crippen LogP contribution in [0.3, 0.4) is 0 Å². The first-order valence-corrected chi connectivity index (χ1v) is 7.47. The van der Waals surface area contributed by atoms with Crippen molar-refractivity contribution in [3.63, 3.8) is 0 Å². The van der Waals surface area contributed by atoms with E-state index in [9.17, 15) is 9.90 Å². The summed E-state index contributed by atoms with van der Waals surface area (Å²) in [5.41, 5.74) is 7.87. The molecule has 1 aliphatic carbocycles. The van der Waals surface area contributed by atoms with E-state index in [1.54, 1.807) is 0 Å². The van der Waals surface area contributed by atoms with Crippen LogP contribution in [0.25, 0.3) is 10.9 Å². The second kappa shape index (κ2) is 5.77. The molecule has 1 aliphatic rings. The summed E-state index contributed by atoms with van der Waals surface area (Å²) in [6.07, 6.45) is 4.14. The lowest BCUT2D eigenvalue weighted by molar-refractivity contribution is 0.0868. The van der Waals surface area contributed by atoms with Crippen molar-refractivity contribution >= 4 is 22.5 Å². The van der Waals surface area contributed by atoms with Crippen molar-refractivity contribution in [1.82, 2.24) is 10.3 Å². The summed E-state index contributed by atoms with van der Waals surface area (Å²) < 4.78 is 0. The molecule has 0 aliphatic heterocycles. The molecule has 5 nitrogen and oxygen atoms in total. The van der Waals surface area contributed by atoms with Crippen LogP contribution in [0.5, 0.6) is 0 Å².